The van der Waals surface area contributed by atoms with Crippen molar-refractivity contribution in [2.75, 3.05) is 6.54 Å². The van der Waals surface area contributed by atoms with Crippen molar-refractivity contribution in [1.82, 2.24) is 19.9 Å². The van der Waals surface area contributed by atoms with Crippen LogP contribution in [0.15, 0.2) is 79.4 Å². The highest BCUT2D eigenvalue weighted by Crippen LogP contribution is 2.43. The molecule has 1 amide bonds. The SMILES string of the molecule is N#Cc1cc(F)ccc1Cn1c2c(c(-c3cncc4ccccc34)c1-c1ccncc1)C(=O)NCC2. The molecule has 1 aliphatic rings. The monoisotopic (exact) mass is 473 g/mol. The van der Waals surface area contributed by atoms with E-state index in [4.69, 9.17) is 0 Å². The van der Waals surface area contributed by atoms with Crippen molar-refractivity contribution in [3.8, 4) is 28.5 Å². The third-order valence-corrected chi connectivity index (χ3v) is 6.66. The number of benzene rings is 2. The first-order valence-electron chi connectivity index (χ1n) is 11.6. The number of aromatic nitrogens is 3. The average molecular weight is 474 g/mol. The molecule has 3 aromatic heterocycles. The summed E-state index contributed by atoms with van der Waals surface area (Å²) in [6, 6.07) is 18.1. The second-order valence-electron chi connectivity index (χ2n) is 8.69. The maximum absolute atomic E-state index is 13.9. The molecule has 6 nitrogen and oxygen atoms in total. The van der Waals surface area contributed by atoms with Gasteiger partial charge in [-0.05, 0) is 35.2 Å². The summed E-state index contributed by atoms with van der Waals surface area (Å²) in [5, 5.41) is 14.6. The summed E-state index contributed by atoms with van der Waals surface area (Å²) in [5.41, 5.74) is 5.80. The zero-order chi connectivity index (χ0) is 24.6. The van der Waals surface area contributed by atoms with E-state index in [1.54, 1.807) is 24.7 Å². The topological polar surface area (TPSA) is 83.6 Å². The summed E-state index contributed by atoms with van der Waals surface area (Å²) in [5.74, 6) is -0.603. The van der Waals surface area contributed by atoms with Crippen molar-refractivity contribution >= 4 is 16.7 Å². The molecule has 36 heavy (non-hydrogen) atoms. The second kappa shape index (κ2) is 8.75. The van der Waals surface area contributed by atoms with Gasteiger partial charge in [0.25, 0.3) is 5.91 Å². The Labute approximate surface area is 206 Å². The van der Waals surface area contributed by atoms with Gasteiger partial charge in [-0.2, -0.15) is 5.26 Å². The summed E-state index contributed by atoms with van der Waals surface area (Å²) in [6.45, 7) is 0.821. The Balaban J connectivity index is 1.71. The molecule has 0 saturated heterocycles. The van der Waals surface area contributed by atoms with Gasteiger partial charge in [-0.15, -0.1) is 0 Å². The Morgan fingerprint density at radius 1 is 1.03 bits per heavy atom. The Morgan fingerprint density at radius 3 is 2.69 bits per heavy atom. The maximum Gasteiger partial charge on any atom is 0.253 e. The first-order valence-corrected chi connectivity index (χ1v) is 11.6. The number of fused-ring (bicyclic) bond motifs is 2. The molecule has 0 spiro atoms. The fourth-order valence-electron chi connectivity index (χ4n) is 5.08. The van der Waals surface area contributed by atoms with Crippen molar-refractivity contribution in [3.63, 3.8) is 0 Å². The van der Waals surface area contributed by atoms with E-state index in [0.717, 1.165) is 38.9 Å². The van der Waals surface area contributed by atoms with E-state index in [2.05, 4.69) is 25.9 Å². The second-order valence-corrected chi connectivity index (χ2v) is 8.69. The van der Waals surface area contributed by atoms with E-state index in [0.29, 0.717) is 30.6 Å². The van der Waals surface area contributed by atoms with E-state index >= 15 is 0 Å². The summed E-state index contributed by atoms with van der Waals surface area (Å²) >= 11 is 0. The predicted molar refractivity (Wildman–Crippen MR) is 135 cm³/mol. The lowest BCUT2D eigenvalue weighted by molar-refractivity contribution is 0.0946. The standard InChI is InChI=1S/C29H20FN5O/c30-22-6-5-20(21(13-22)14-31)17-35-25-9-12-34-29(36)27(25)26(28(35)18-7-10-32-11-8-18)24-16-33-15-19-3-1-2-4-23(19)24/h1-8,10-11,13,15-16H,9,12,17H2,(H,34,36). The number of carbonyl (C=O) groups is 1. The number of hydrogen-bond donors (Lipinski definition) is 1. The first kappa shape index (κ1) is 21.7. The van der Waals surface area contributed by atoms with Crippen LogP contribution in [0, 0.1) is 17.1 Å². The molecule has 0 aliphatic carbocycles. The number of halogens is 1. The highest BCUT2D eigenvalue weighted by Gasteiger charge is 2.32. The molecule has 5 aromatic rings. The number of pyridine rings is 2. The Hall–Kier alpha value is -4.83. The number of rotatable bonds is 4. The molecule has 1 N–H and O–H groups in total. The van der Waals surface area contributed by atoms with Gasteiger partial charge in [0, 0.05) is 72.1 Å². The van der Waals surface area contributed by atoms with Crippen molar-refractivity contribution < 1.29 is 9.18 Å². The lowest BCUT2D eigenvalue weighted by Gasteiger charge is -2.18. The number of nitriles is 1. The molecule has 0 radical (unpaired) electrons. The third kappa shape index (κ3) is 3.51. The van der Waals surface area contributed by atoms with Crippen LogP contribution in [0.1, 0.15) is 27.2 Å². The normalized spacial score (nSPS) is 12.7. The Morgan fingerprint density at radius 2 is 1.86 bits per heavy atom. The number of nitrogens with zero attached hydrogens (tertiary/aromatic N) is 4. The Bertz CT molecular complexity index is 1680. The van der Waals surface area contributed by atoms with Gasteiger partial charge in [-0.3, -0.25) is 14.8 Å². The molecule has 0 fully saturated rings. The summed E-state index contributed by atoms with van der Waals surface area (Å²) in [7, 11) is 0. The van der Waals surface area contributed by atoms with Gasteiger partial charge < -0.3 is 9.88 Å². The number of carbonyl (C=O) groups excluding carboxylic acids is 1. The van der Waals surface area contributed by atoms with E-state index in [1.165, 1.54) is 12.1 Å². The highest BCUT2D eigenvalue weighted by molar-refractivity contribution is 6.11. The zero-order valence-corrected chi connectivity index (χ0v) is 19.2. The minimum atomic E-state index is -0.457. The molecule has 2 aromatic carbocycles. The minimum absolute atomic E-state index is 0.146. The number of amides is 1. The molecule has 0 saturated carbocycles. The molecular weight excluding hydrogens is 453 g/mol. The summed E-state index contributed by atoms with van der Waals surface area (Å²) < 4.78 is 16.0. The van der Waals surface area contributed by atoms with Crippen LogP contribution in [0.25, 0.3) is 33.2 Å². The van der Waals surface area contributed by atoms with E-state index in [-0.39, 0.29) is 11.5 Å². The minimum Gasteiger partial charge on any atom is -0.352 e. The fourth-order valence-corrected chi connectivity index (χ4v) is 5.08. The summed E-state index contributed by atoms with van der Waals surface area (Å²) in [6.07, 6.45) is 7.67. The van der Waals surface area contributed by atoms with Crippen LogP contribution in [-0.4, -0.2) is 27.0 Å². The molecule has 0 unspecified atom stereocenters. The van der Waals surface area contributed by atoms with Crippen LogP contribution in [0.2, 0.25) is 0 Å². The van der Waals surface area contributed by atoms with Crippen molar-refractivity contribution in [2.45, 2.75) is 13.0 Å². The molecule has 1 aliphatic heterocycles. The zero-order valence-electron chi connectivity index (χ0n) is 19.2. The number of nitrogens with one attached hydrogen (secondary N) is 1. The van der Waals surface area contributed by atoms with E-state index < -0.39 is 5.82 Å². The predicted octanol–water partition coefficient (Wildman–Crippen LogP) is 5.11. The van der Waals surface area contributed by atoms with Gasteiger partial charge in [0.2, 0.25) is 0 Å². The van der Waals surface area contributed by atoms with Crippen LogP contribution in [-0.2, 0) is 13.0 Å². The fraction of sp³-hybridized carbons (Fsp3) is 0.103. The molecule has 174 valence electrons. The molecule has 7 heteroatoms. The smallest absolute Gasteiger partial charge is 0.253 e. The van der Waals surface area contributed by atoms with Gasteiger partial charge in [-0.25, -0.2) is 4.39 Å². The van der Waals surface area contributed by atoms with Crippen molar-refractivity contribution in [1.29, 1.82) is 5.26 Å². The largest absolute Gasteiger partial charge is 0.352 e. The maximum atomic E-state index is 13.9. The van der Waals surface area contributed by atoms with Gasteiger partial charge in [0.05, 0.1) is 22.9 Å². The van der Waals surface area contributed by atoms with Crippen LogP contribution in [0.5, 0.6) is 0 Å². The van der Waals surface area contributed by atoms with Crippen LogP contribution < -0.4 is 5.32 Å². The molecule has 4 heterocycles. The third-order valence-electron chi connectivity index (χ3n) is 6.66. The molecule has 6 rings (SSSR count). The number of hydrogen-bond acceptors (Lipinski definition) is 4. The van der Waals surface area contributed by atoms with E-state index in [9.17, 15) is 14.4 Å². The lowest BCUT2D eigenvalue weighted by Crippen LogP contribution is -2.32. The van der Waals surface area contributed by atoms with E-state index in [1.807, 2.05) is 42.6 Å². The van der Waals surface area contributed by atoms with Crippen molar-refractivity contribution in [2.24, 2.45) is 0 Å². The molecule has 0 atom stereocenters. The average Bonchev–Trinajstić information content (AvgIpc) is 3.24. The lowest BCUT2D eigenvalue weighted by atomic mass is 9.93. The molecular formula is C29H20FN5O. The highest BCUT2D eigenvalue weighted by atomic mass is 19.1. The Kier molecular flexibility index (Phi) is 5.27. The van der Waals surface area contributed by atoms with Crippen LogP contribution in [0.3, 0.4) is 0 Å². The molecule has 0 bridgehead atoms. The quantitative estimate of drug-likeness (QED) is 0.393. The van der Waals surface area contributed by atoms with Crippen molar-refractivity contribution in [3.05, 3.63) is 108 Å². The van der Waals surface area contributed by atoms with Crippen LogP contribution >= 0.6 is 0 Å². The van der Waals surface area contributed by atoms with Gasteiger partial charge in [0.15, 0.2) is 0 Å². The van der Waals surface area contributed by atoms with Gasteiger partial charge in [0.1, 0.15) is 5.82 Å². The van der Waals surface area contributed by atoms with Crippen LogP contribution in [0.4, 0.5) is 4.39 Å². The first-order chi connectivity index (χ1) is 17.7. The van der Waals surface area contributed by atoms with Gasteiger partial charge >= 0.3 is 0 Å². The van der Waals surface area contributed by atoms with Gasteiger partial charge in [-0.1, -0.05) is 30.3 Å². The summed E-state index contributed by atoms with van der Waals surface area (Å²) in [4.78, 5) is 22.0.